The zero-order valence-corrected chi connectivity index (χ0v) is 8.25. The number of halogens is 3. The minimum atomic E-state index is -4.76. The molecule has 1 rings (SSSR count). The first kappa shape index (κ1) is 12.0. The molecule has 3 nitrogen and oxygen atoms in total. The van der Waals surface area contributed by atoms with Crippen molar-refractivity contribution in [1.82, 2.24) is 0 Å². The lowest BCUT2D eigenvalue weighted by Gasteiger charge is -2.23. The van der Waals surface area contributed by atoms with Crippen LogP contribution in [0.3, 0.4) is 0 Å². The number of nitriles is 1. The average molecular weight is 228 g/mol. The lowest BCUT2D eigenvalue weighted by Crippen LogP contribution is -2.41. The van der Waals surface area contributed by atoms with Gasteiger partial charge in [0.25, 0.3) is 0 Å². The monoisotopic (exact) mass is 228 g/mol. The van der Waals surface area contributed by atoms with Crippen molar-refractivity contribution in [1.29, 1.82) is 5.26 Å². The number of alkyl halides is 3. The fraction of sp³-hybridized carbons (Fsp3) is 0.200. The predicted octanol–water partition coefficient (Wildman–Crippen LogP) is 2.43. The number of amides is 1. The summed E-state index contributed by atoms with van der Waals surface area (Å²) in [6, 6.07) is 6.37. The van der Waals surface area contributed by atoms with E-state index in [0.29, 0.717) is 0 Å². The highest BCUT2D eigenvalue weighted by molar-refractivity contribution is 5.92. The van der Waals surface area contributed by atoms with Crippen LogP contribution >= 0.6 is 0 Å². The highest BCUT2D eigenvalue weighted by atomic mass is 19.4. The molecule has 1 aromatic rings. The number of carbonyl (C=O) groups excluding carboxylic acids is 1. The molecule has 1 aromatic carbocycles. The summed E-state index contributed by atoms with van der Waals surface area (Å²) in [5.74, 6) is -1.13. The molecular formula is C10H7F3N2O. The molecule has 0 spiro atoms. The van der Waals surface area contributed by atoms with E-state index in [1.165, 1.54) is 12.1 Å². The Morgan fingerprint density at radius 2 is 1.81 bits per heavy atom. The number of rotatable bonds is 1. The lowest BCUT2D eigenvalue weighted by atomic mass is 10.2. The lowest BCUT2D eigenvalue weighted by molar-refractivity contribution is -0.148. The fourth-order valence-electron chi connectivity index (χ4n) is 1.19. The van der Waals surface area contributed by atoms with Crippen LogP contribution in [-0.2, 0) is 4.79 Å². The quantitative estimate of drug-likeness (QED) is 0.693. The summed E-state index contributed by atoms with van der Waals surface area (Å²) in [6.07, 6.45) is -4.76. The fourth-order valence-corrected chi connectivity index (χ4v) is 1.19. The Balaban J connectivity index is 3.14. The number of hydrogen-bond donors (Lipinski definition) is 0. The van der Waals surface area contributed by atoms with Gasteiger partial charge in [0, 0.05) is 6.92 Å². The molecule has 0 radical (unpaired) electrons. The van der Waals surface area contributed by atoms with Gasteiger partial charge < -0.3 is 0 Å². The van der Waals surface area contributed by atoms with Crippen molar-refractivity contribution in [2.24, 2.45) is 0 Å². The maximum atomic E-state index is 12.5. The molecule has 0 aliphatic rings. The molecule has 0 N–H and O–H groups in total. The van der Waals surface area contributed by atoms with Crippen LogP contribution in [0, 0.1) is 11.3 Å². The molecule has 0 aliphatic heterocycles. The van der Waals surface area contributed by atoms with E-state index in [-0.39, 0.29) is 16.2 Å². The van der Waals surface area contributed by atoms with Gasteiger partial charge >= 0.3 is 6.30 Å². The summed E-state index contributed by atoms with van der Waals surface area (Å²) >= 11 is 0. The Kier molecular flexibility index (Phi) is 3.18. The summed E-state index contributed by atoms with van der Waals surface area (Å²) in [4.78, 5) is 10.6. The Labute approximate surface area is 89.7 Å². The third kappa shape index (κ3) is 2.51. The summed E-state index contributed by atoms with van der Waals surface area (Å²) in [5, 5.41) is 8.48. The molecule has 16 heavy (non-hydrogen) atoms. The van der Waals surface area contributed by atoms with Gasteiger partial charge in [-0.3, -0.25) is 4.79 Å². The maximum absolute atomic E-state index is 12.5. The van der Waals surface area contributed by atoms with Gasteiger partial charge in [-0.1, -0.05) is 0 Å². The van der Waals surface area contributed by atoms with E-state index in [4.69, 9.17) is 5.26 Å². The van der Waals surface area contributed by atoms with Crippen LogP contribution in [0.15, 0.2) is 24.3 Å². The molecule has 0 saturated heterocycles. The van der Waals surface area contributed by atoms with Crippen LogP contribution in [0.2, 0.25) is 0 Å². The van der Waals surface area contributed by atoms with E-state index >= 15 is 0 Å². The molecule has 0 fully saturated rings. The van der Waals surface area contributed by atoms with Crippen molar-refractivity contribution in [2.45, 2.75) is 13.2 Å². The molecular weight excluding hydrogens is 221 g/mol. The molecule has 0 aliphatic carbocycles. The summed E-state index contributed by atoms with van der Waals surface area (Å²) in [7, 11) is 0. The first-order chi connectivity index (χ1) is 7.36. The third-order valence-corrected chi connectivity index (χ3v) is 1.82. The zero-order chi connectivity index (χ0) is 12.3. The second-order valence-corrected chi connectivity index (χ2v) is 2.98. The Morgan fingerprint density at radius 1 is 1.31 bits per heavy atom. The summed E-state index contributed by atoms with van der Waals surface area (Å²) in [6.45, 7) is 0.825. The van der Waals surface area contributed by atoms with Crippen molar-refractivity contribution in [3.8, 4) is 6.07 Å². The third-order valence-electron chi connectivity index (χ3n) is 1.82. The van der Waals surface area contributed by atoms with Crippen LogP contribution < -0.4 is 4.90 Å². The van der Waals surface area contributed by atoms with Crippen molar-refractivity contribution >= 4 is 11.6 Å². The van der Waals surface area contributed by atoms with Crippen molar-refractivity contribution < 1.29 is 18.0 Å². The number of nitrogens with zero attached hydrogens (tertiary/aromatic N) is 2. The molecule has 0 unspecified atom stereocenters. The van der Waals surface area contributed by atoms with Crippen LogP contribution in [0.25, 0.3) is 0 Å². The molecule has 84 valence electrons. The minimum Gasteiger partial charge on any atom is -0.275 e. The minimum absolute atomic E-state index is 0.231. The van der Waals surface area contributed by atoms with Crippen LogP contribution in [0.4, 0.5) is 18.9 Å². The SMILES string of the molecule is CC(=O)N(c1ccc(C#N)cc1)C(F)(F)F. The molecule has 0 bridgehead atoms. The van der Waals surface area contributed by atoms with Gasteiger partial charge in [0.2, 0.25) is 5.91 Å². The predicted molar refractivity (Wildman–Crippen MR) is 50.4 cm³/mol. The number of carbonyl (C=O) groups is 1. The van der Waals surface area contributed by atoms with Gasteiger partial charge in [-0.25, -0.2) is 4.90 Å². The van der Waals surface area contributed by atoms with Gasteiger partial charge in [-0.05, 0) is 24.3 Å². The number of hydrogen-bond acceptors (Lipinski definition) is 2. The molecule has 0 saturated carbocycles. The largest absolute Gasteiger partial charge is 0.491 e. The van der Waals surface area contributed by atoms with Crippen LogP contribution in [0.5, 0.6) is 0 Å². The number of anilines is 1. The van der Waals surface area contributed by atoms with Gasteiger partial charge in [0.1, 0.15) is 0 Å². The van der Waals surface area contributed by atoms with Gasteiger partial charge in [-0.2, -0.15) is 5.26 Å². The van der Waals surface area contributed by atoms with E-state index in [2.05, 4.69) is 0 Å². The van der Waals surface area contributed by atoms with Gasteiger partial charge in [-0.15, -0.1) is 13.2 Å². The Bertz CT molecular complexity index is 431. The van der Waals surface area contributed by atoms with E-state index in [0.717, 1.165) is 19.1 Å². The van der Waals surface area contributed by atoms with Gasteiger partial charge in [0.15, 0.2) is 0 Å². The van der Waals surface area contributed by atoms with Crippen LogP contribution in [0.1, 0.15) is 12.5 Å². The topological polar surface area (TPSA) is 44.1 Å². The Morgan fingerprint density at radius 3 is 2.12 bits per heavy atom. The maximum Gasteiger partial charge on any atom is 0.491 e. The first-order valence-corrected chi connectivity index (χ1v) is 4.24. The molecule has 6 heteroatoms. The zero-order valence-electron chi connectivity index (χ0n) is 8.25. The Hall–Kier alpha value is -2.03. The van der Waals surface area contributed by atoms with E-state index < -0.39 is 12.2 Å². The molecule has 0 atom stereocenters. The van der Waals surface area contributed by atoms with Crippen molar-refractivity contribution in [2.75, 3.05) is 4.90 Å². The standard InChI is InChI=1S/C10H7F3N2O/c1-7(16)15(10(11,12)13)9-4-2-8(6-14)3-5-9/h2-5H,1H3. The highest BCUT2D eigenvalue weighted by Crippen LogP contribution is 2.28. The second-order valence-electron chi connectivity index (χ2n) is 2.98. The van der Waals surface area contributed by atoms with E-state index in [1.54, 1.807) is 6.07 Å². The highest BCUT2D eigenvalue weighted by Gasteiger charge is 2.40. The average Bonchev–Trinajstić information content (AvgIpc) is 2.16. The first-order valence-electron chi connectivity index (χ1n) is 4.24. The second kappa shape index (κ2) is 4.23. The number of benzene rings is 1. The molecule has 0 heterocycles. The van der Waals surface area contributed by atoms with Gasteiger partial charge in [0.05, 0.1) is 17.3 Å². The normalized spacial score (nSPS) is 10.7. The van der Waals surface area contributed by atoms with E-state index in [9.17, 15) is 18.0 Å². The molecule has 1 amide bonds. The summed E-state index contributed by atoms with van der Waals surface area (Å²) < 4.78 is 37.4. The van der Waals surface area contributed by atoms with E-state index in [1.807, 2.05) is 0 Å². The van der Waals surface area contributed by atoms with Crippen molar-refractivity contribution in [3.05, 3.63) is 29.8 Å². The van der Waals surface area contributed by atoms with Crippen LogP contribution in [-0.4, -0.2) is 12.2 Å². The van der Waals surface area contributed by atoms with Crippen molar-refractivity contribution in [3.63, 3.8) is 0 Å². The smallest absolute Gasteiger partial charge is 0.275 e. The molecule has 0 aromatic heterocycles. The summed E-state index contributed by atoms with van der Waals surface area (Å²) in [5.41, 5.74) is -0.0755.